The number of hydrogen-bond acceptors (Lipinski definition) is 4. The van der Waals surface area contributed by atoms with Gasteiger partial charge in [0.2, 0.25) is 5.78 Å². The normalized spacial score (nSPS) is 18.1. The van der Waals surface area contributed by atoms with Crippen molar-refractivity contribution in [2.75, 3.05) is 19.8 Å². The van der Waals surface area contributed by atoms with Gasteiger partial charge in [0.05, 0.1) is 11.2 Å². The van der Waals surface area contributed by atoms with E-state index >= 15 is 0 Å². The van der Waals surface area contributed by atoms with Crippen LogP contribution in [0.15, 0.2) is 6.20 Å². The van der Waals surface area contributed by atoms with Crippen LogP contribution in [0.5, 0.6) is 0 Å². The third-order valence-electron chi connectivity index (χ3n) is 3.58. The zero-order chi connectivity index (χ0) is 14.6. The molecule has 5 nitrogen and oxygen atoms in total. The van der Waals surface area contributed by atoms with Crippen molar-refractivity contribution >= 4 is 17.4 Å². The van der Waals surface area contributed by atoms with Crippen molar-refractivity contribution in [2.24, 2.45) is 0 Å². The van der Waals surface area contributed by atoms with Gasteiger partial charge in [0.1, 0.15) is 11.3 Å². The lowest BCUT2D eigenvalue weighted by Gasteiger charge is -2.35. The molecule has 0 bridgehead atoms. The summed E-state index contributed by atoms with van der Waals surface area (Å²) >= 11 is 6.17. The molecule has 0 aromatic carbocycles. The molecule has 20 heavy (non-hydrogen) atoms. The Morgan fingerprint density at radius 1 is 1.50 bits per heavy atom. The lowest BCUT2D eigenvalue weighted by atomic mass is 9.87. The van der Waals surface area contributed by atoms with Crippen LogP contribution in [0.1, 0.15) is 43.6 Å². The number of aromatic nitrogens is 2. The molecule has 1 aromatic rings. The summed E-state index contributed by atoms with van der Waals surface area (Å²) in [7, 11) is 0. The van der Waals surface area contributed by atoms with Gasteiger partial charge in [0.15, 0.2) is 0 Å². The molecule has 2 heterocycles. The summed E-state index contributed by atoms with van der Waals surface area (Å²) in [6.45, 7) is 6.17. The SMILES string of the molecule is CCCn1ncc(Cl)c1C(=O)C1(OCC)CCOCC1. The topological polar surface area (TPSA) is 53.4 Å². The number of ether oxygens (including phenoxy) is 2. The summed E-state index contributed by atoms with van der Waals surface area (Å²) in [5, 5.41) is 4.59. The fraction of sp³-hybridized carbons (Fsp3) is 0.714. The Balaban J connectivity index is 2.34. The molecule has 6 heteroatoms. The lowest BCUT2D eigenvalue weighted by molar-refractivity contribution is -0.0826. The van der Waals surface area contributed by atoms with Crippen LogP contribution in [-0.2, 0) is 16.0 Å². The van der Waals surface area contributed by atoms with Gasteiger partial charge < -0.3 is 9.47 Å². The Hall–Kier alpha value is -0.910. The van der Waals surface area contributed by atoms with Crippen LogP contribution in [0.2, 0.25) is 5.02 Å². The minimum Gasteiger partial charge on any atom is -0.381 e. The third kappa shape index (κ3) is 2.90. The van der Waals surface area contributed by atoms with E-state index in [-0.39, 0.29) is 5.78 Å². The number of carbonyl (C=O) groups is 1. The van der Waals surface area contributed by atoms with Crippen molar-refractivity contribution in [3.63, 3.8) is 0 Å². The van der Waals surface area contributed by atoms with E-state index in [2.05, 4.69) is 5.10 Å². The number of hydrogen-bond donors (Lipinski definition) is 0. The Bertz CT molecular complexity index is 461. The second kappa shape index (κ2) is 6.70. The van der Waals surface area contributed by atoms with Crippen molar-refractivity contribution in [3.05, 3.63) is 16.9 Å². The standard InChI is InChI=1S/C14H21ClN2O3/c1-3-7-17-12(11(15)10-16-17)13(18)14(20-4-2)5-8-19-9-6-14/h10H,3-9H2,1-2H3. The first-order chi connectivity index (χ1) is 9.64. The van der Waals surface area contributed by atoms with E-state index in [0.717, 1.165) is 6.42 Å². The summed E-state index contributed by atoms with van der Waals surface area (Å²) in [4.78, 5) is 13.0. The summed E-state index contributed by atoms with van der Waals surface area (Å²) in [6, 6.07) is 0. The maximum Gasteiger partial charge on any atom is 0.214 e. The molecule has 1 aliphatic heterocycles. The number of carbonyl (C=O) groups excluding carboxylic acids is 1. The highest BCUT2D eigenvalue weighted by molar-refractivity contribution is 6.34. The number of ketones is 1. The second-order valence-electron chi connectivity index (χ2n) is 4.93. The predicted molar refractivity (Wildman–Crippen MR) is 76.3 cm³/mol. The number of Topliss-reactive ketones (excluding diaryl/α,β-unsaturated/α-hetero) is 1. The number of nitrogens with zero attached hydrogens (tertiary/aromatic N) is 2. The van der Waals surface area contributed by atoms with Gasteiger partial charge in [0, 0.05) is 39.2 Å². The smallest absolute Gasteiger partial charge is 0.214 e. The zero-order valence-electron chi connectivity index (χ0n) is 12.0. The molecule has 0 radical (unpaired) electrons. The Morgan fingerprint density at radius 3 is 2.80 bits per heavy atom. The first kappa shape index (κ1) is 15.5. The molecule has 2 rings (SSSR count). The van der Waals surface area contributed by atoms with Crippen LogP contribution in [0, 0.1) is 0 Å². The molecule has 0 atom stereocenters. The summed E-state index contributed by atoms with van der Waals surface area (Å²) in [5.74, 6) is -0.0707. The van der Waals surface area contributed by atoms with E-state index in [1.54, 1.807) is 4.68 Å². The molecule has 1 fully saturated rings. The van der Waals surface area contributed by atoms with E-state index in [0.29, 0.717) is 49.9 Å². The highest BCUT2D eigenvalue weighted by Gasteiger charge is 2.43. The largest absolute Gasteiger partial charge is 0.381 e. The molecule has 0 spiro atoms. The van der Waals surface area contributed by atoms with E-state index in [1.165, 1.54) is 6.20 Å². The van der Waals surface area contributed by atoms with Crippen molar-refractivity contribution < 1.29 is 14.3 Å². The van der Waals surface area contributed by atoms with Crippen LogP contribution < -0.4 is 0 Å². The van der Waals surface area contributed by atoms with Gasteiger partial charge in [-0.3, -0.25) is 9.48 Å². The molecule has 0 amide bonds. The van der Waals surface area contributed by atoms with Crippen LogP contribution in [0.4, 0.5) is 0 Å². The van der Waals surface area contributed by atoms with Gasteiger partial charge in [-0.25, -0.2) is 0 Å². The summed E-state index contributed by atoms with van der Waals surface area (Å²) in [5.41, 5.74) is -0.355. The Kier molecular flexibility index (Phi) is 5.18. The fourth-order valence-electron chi connectivity index (χ4n) is 2.60. The number of halogens is 1. The summed E-state index contributed by atoms with van der Waals surface area (Å²) in [6.07, 6.45) is 3.55. The van der Waals surface area contributed by atoms with E-state index in [1.807, 2.05) is 13.8 Å². The van der Waals surface area contributed by atoms with E-state index in [4.69, 9.17) is 21.1 Å². The van der Waals surface area contributed by atoms with Gasteiger partial charge in [-0.15, -0.1) is 0 Å². The zero-order valence-corrected chi connectivity index (χ0v) is 12.8. The van der Waals surface area contributed by atoms with Gasteiger partial charge in [-0.2, -0.15) is 5.10 Å². The van der Waals surface area contributed by atoms with Crippen molar-refractivity contribution in [1.29, 1.82) is 0 Å². The molecule has 112 valence electrons. The first-order valence-electron chi connectivity index (χ1n) is 7.12. The van der Waals surface area contributed by atoms with Crippen LogP contribution in [0.25, 0.3) is 0 Å². The molecule has 0 aliphatic carbocycles. The molecule has 1 saturated heterocycles. The fourth-order valence-corrected chi connectivity index (χ4v) is 2.83. The molecule has 0 N–H and O–H groups in total. The van der Waals surface area contributed by atoms with E-state index in [9.17, 15) is 4.79 Å². The third-order valence-corrected chi connectivity index (χ3v) is 3.86. The minimum atomic E-state index is -0.817. The van der Waals surface area contributed by atoms with Crippen molar-refractivity contribution in [1.82, 2.24) is 9.78 Å². The highest BCUT2D eigenvalue weighted by Crippen LogP contribution is 2.31. The Labute approximate surface area is 124 Å². The molecular formula is C14H21ClN2O3. The highest BCUT2D eigenvalue weighted by atomic mass is 35.5. The molecule has 0 saturated carbocycles. The van der Waals surface area contributed by atoms with Crippen LogP contribution in [-0.4, -0.2) is 41.0 Å². The minimum absolute atomic E-state index is 0.0707. The predicted octanol–water partition coefficient (Wildman–Crippen LogP) is 2.71. The molecule has 1 aliphatic rings. The van der Waals surface area contributed by atoms with Gasteiger partial charge >= 0.3 is 0 Å². The molecule has 1 aromatic heterocycles. The Morgan fingerprint density at radius 2 is 2.20 bits per heavy atom. The molecular weight excluding hydrogens is 280 g/mol. The van der Waals surface area contributed by atoms with E-state index < -0.39 is 5.60 Å². The van der Waals surface area contributed by atoms with Crippen LogP contribution >= 0.6 is 11.6 Å². The lowest BCUT2D eigenvalue weighted by Crippen LogP contribution is -2.47. The maximum atomic E-state index is 13.0. The van der Waals surface area contributed by atoms with Crippen LogP contribution in [0.3, 0.4) is 0 Å². The summed E-state index contributed by atoms with van der Waals surface area (Å²) < 4.78 is 12.9. The average molecular weight is 301 g/mol. The maximum absolute atomic E-state index is 13.0. The first-order valence-corrected chi connectivity index (χ1v) is 7.50. The van der Waals surface area contributed by atoms with Crippen molar-refractivity contribution in [2.45, 2.75) is 45.3 Å². The number of rotatable bonds is 6. The van der Waals surface area contributed by atoms with Gasteiger partial charge in [-0.05, 0) is 13.3 Å². The number of aryl methyl sites for hydroxylation is 1. The van der Waals surface area contributed by atoms with Gasteiger partial charge in [-0.1, -0.05) is 18.5 Å². The second-order valence-corrected chi connectivity index (χ2v) is 5.34. The van der Waals surface area contributed by atoms with Crippen molar-refractivity contribution in [3.8, 4) is 0 Å². The quantitative estimate of drug-likeness (QED) is 0.758. The average Bonchev–Trinajstić information content (AvgIpc) is 2.81. The molecule has 0 unspecified atom stereocenters. The monoisotopic (exact) mass is 300 g/mol. The van der Waals surface area contributed by atoms with Gasteiger partial charge in [0.25, 0.3) is 0 Å².